The van der Waals surface area contributed by atoms with E-state index in [1.54, 1.807) is 19.1 Å². The largest absolute Gasteiger partial charge is 0.433 e. The van der Waals surface area contributed by atoms with Gasteiger partial charge in [-0.3, -0.25) is 19.2 Å². The van der Waals surface area contributed by atoms with Crippen molar-refractivity contribution >= 4 is 23.7 Å². The van der Waals surface area contributed by atoms with Crippen LogP contribution in [-0.4, -0.2) is 66.2 Å². The van der Waals surface area contributed by atoms with E-state index in [1.165, 1.54) is 4.90 Å². The Bertz CT molecular complexity index is 941. The Morgan fingerprint density at radius 2 is 1.94 bits per heavy atom. The van der Waals surface area contributed by atoms with Crippen LogP contribution in [0.5, 0.6) is 0 Å². The zero-order valence-corrected chi connectivity index (χ0v) is 20.6. The maximum atomic E-state index is 13.6. The van der Waals surface area contributed by atoms with Crippen molar-refractivity contribution in [3.05, 3.63) is 35.4 Å². The molecule has 4 atom stereocenters. The molecule has 2 saturated heterocycles. The molecular formula is C25H35N3O6. The highest BCUT2D eigenvalue weighted by molar-refractivity contribution is 5.99. The maximum Gasteiger partial charge on any atom is 0.310 e. The van der Waals surface area contributed by atoms with Gasteiger partial charge in [-0.15, -0.1) is 0 Å². The van der Waals surface area contributed by atoms with Crippen molar-refractivity contribution in [1.82, 2.24) is 15.5 Å². The van der Waals surface area contributed by atoms with Crippen molar-refractivity contribution in [1.29, 1.82) is 0 Å². The van der Waals surface area contributed by atoms with Gasteiger partial charge in [-0.1, -0.05) is 39.0 Å². The molecule has 2 heterocycles. The van der Waals surface area contributed by atoms with Gasteiger partial charge in [-0.25, -0.2) is 0 Å². The number of likely N-dealkylation sites (tertiary alicyclic amines) is 1. The second-order valence-electron chi connectivity index (χ2n) is 9.91. The molecule has 2 aliphatic rings. The highest BCUT2D eigenvalue weighted by atomic mass is 16.7. The fraction of sp³-hybridized carbons (Fsp3) is 0.600. The topological polar surface area (TPSA) is 114 Å². The fourth-order valence-corrected chi connectivity index (χ4v) is 4.40. The van der Waals surface area contributed by atoms with Gasteiger partial charge >= 0.3 is 5.97 Å². The molecule has 0 bridgehead atoms. The molecule has 9 nitrogen and oxygen atoms in total. The molecule has 2 aliphatic heterocycles. The first-order valence-corrected chi connectivity index (χ1v) is 11.8. The van der Waals surface area contributed by atoms with Crippen LogP contribution in [0.3, 0.4) is 0 Å². The predicted molar refractivity (Wildman–Crippen MR) is 125 cm³/mol. The molecule has 0 saturated carbocycles. The van der Waals surface area contributed by atoms with Crippen LogP contribution in [0, 0.1) is 12.3 Å². The lowest BCUT2D eigenvalue weighted by atomic mass is 9.85. The van der Waals surface area contributed by atoms with Crippen molar-refractivity contribution in [3.8, 4) is 0 Å². The molecule has 9 heteroatoms. The molecule has 2 N–H and O–H groups in total. The Balaban J connectivity index is 1.74. The van der Waals surface area contributed by atoms with Gasteiger partial charge in [0, 0.05) is 18.7 Å². The van der Waals surface area contributed by atoms with Gasteiger partial charge < -0.3 is 25.0 Å². The number of aryl methyl sites for hydroxylation is 1. The quantitative estimate of drug-likeness (QED) is 0.585. The summed E-state index contributed by atoms with van der Waals surface area (Å²) in [7, 11) is 0. The van der Waals surface area contributed by atoms with E-state index in [0.717, 1.165) is 5.56 Å². The first kappa shape index (κ1) is 25.7. The van der Waals surface area contributed by atoms with Gasteiger partial charge in [0.15, 0.2) is 0 Å². The predicted octanol–water partition coefficient (Wildman–Crippen LogP) is 1.92. The van der Waals surface area contributed by atoms with E-state index in [2.05, 4.69) is 10.6 Å². The number of benzene rings is 1. The lowest BCUT2D eigenvalue weighted by Crippen LogP contribution is -2.58. The summed E-state index contributed by atoms with van der Waals surface area (Å²) in [6.45, 7) is 10.0. The Hall–Kier alpha value is -2.94. The highest BCUT2D eigenvalue weighted by Crippen LogP contribution is 2.27. The normalized spacial score (nSPS) is 23.4. The van der Waals surface area contributed by atoms with Crippen molar-refractivity contribution in [2.75, 3.05) is 13.2 Å². The summed E-state index contributed by atoms with van der Waals surface area (Å²) < 4.78 is 10.5. The smallest absolute Gasteiger partial charge is 0.310 e. The number of carbonyl (C=O) groups is 4. The number of nitrogens with zero attached hydrogens (tertiary/aromatic N) is 1. The van der Waals surface area contributed by atoms with Crippen molar-refractivity contribution in [2.24, 2.45) is 5.41 Å². The number of cyclic esters (lactones) is 1. The van der Waals surface area contributed by atoms with Crippen LogP contribution in [-0.2, 0) is 23.9 Å². The third-order valence-corrected chi connectivity index (χ3v) is 6.24. The number of hydrogen-bond acceptors (Lipinski definition) is 6. The van der Waals surface area contributed by atoms with Crippen molar-refractivity contribution in [2.45, 2.75) is 78.3 Å². The summed E-state index contributed by atoms with van der Waals surface area (Å²) in [4.78, 5) is 53.0. The standard InChI is InChI=1S/C25H35N3O6/c1-6-33-24-17(14-19(29)34-24)26-22(31)18-12-9-13-28(18)23(32)20(25(3,4)5)27-21(30)16-11-8-7-10-15(16)2/h7-8,10-11,17-18,20,24H,6,9,12-14H2,1-5H3,(H,26,31)(H,27,30)/t17-,18-,20+,24+/m0/s1. The number of nitrogens with one attached hydrogen (secondary N) is 2. The molecule has 3 rings (SSSR count). The number of rotatable bonds is 7. The number of amides is 3. The third-order valence-electron chi connectivity index (χ3n) is 6.24. The van der Waals surface area contributed by atoms with Crippen LogP contribution in [0.2, 0.25) is 0 Å². The van der Waals surface area contributed by atoms with Crippen LogP contribution >= 0.6 is 0 Å². The Kier molecular flexibility index (Phi) is 7.97. The van der Waals surface area contributed by atoms with Gasteiger partial charge in [0.2, 0.25) is 18.1 Å². The SMILES string of the molecule is CCO[C@@H]1OC(=O)C[C@@H]1NC(=O)[C@@H]1CCCN1C(=O)[C@@H](NC(=O)c1ccccc1C)C(C)(C)C. The van der Waals surface area contributed by atoms with Gasteiger partial charge in [-0.2, -0.15) is 0 Å². The minimum absolute atomic E-state index is 0.0220. The Morgan fingerprint density at radius 1 is 1.24 bits per heavy atom. The Labute approximate surface area is 200 Å². The van der Waals surface area contributed by atoms with E-state index in [-0.39, 0.29) is 24.1 Å². The lowest BCUT2D eigenvalue weighted by molar-refractivity contribution is -0.164. The van der Waals surface area contributed by atoms with Crippen LogP contribution in [0.25, 0.3) is 0 Å². The number of carbonyl (C=O) groups excluding carboxylic acids is 4. The number of hydrogen-bond donors (Lipinski definition) is 2. The van der Waals surface area contributed by atoms with Crippen molar-refractivity contribution in [3.63, 3.8) is 0 Å². The molecule has 0 spiro atoms. The van der Waals surface area contributed by atoms with Crippen LogP contribution in [0.1, 0.15) is 62.9 Å². The highest BCUT2D eigenvalue weighted by Gasteiger charge is 2.44. The van der Waals surface area contributed by atoms with E-state index in [0.29, 0.717) is 31.6 Å². The van der Waals surface area contributed by atoms with Crippen molar-refractivity contribution < 1.29 is 28.7 Å². The zero-order chi connectivity index (χ0) is 25.0. The molecule has 0 radical (unpaired) electrons. The minimum Gasteiger partial charge on any atom is -0.433 e. The summed E-state index contributed by atoms with van der Waals surface area (Å²) in [5.41, 5.74) is 0.744. The van der Waals surface area contributed by atoms with Gasteiger partial charge in [0.25, 0.3) is 5.91 Å². The first-order valence-electron chi connectivity index (χ1n) is 11.8. The zero-order valence-electron chi connectivity index (χ0n) is 20.6. The first-order chi connectivity index (χ1) is 16.0. The molecule has 186 valence electrons. The molecule has 2 fully saturated rings. The molecule has 0 unspecified atom stereocenters. The minimum atomic E-state index is -0.831. The molecule has 0 aliphatic carbocycles. The number of ether oxygens (including phenoxy) is 2. The molecule has 0 aromatic heterocycles. The summed E-state index contributed by atoms with van der Waals surface area (Å²) >= 11 is 0. The lowest BCUT2D eigenvalue weighted by Gasteiger charge is -2.35. The Morgan fingerprint density at radius 3 is 2.59 bits per heavy atom. The summed E-state index contributed by atoms with van der Waals surface area (Å²) in [6, 6.07) is 5.09. The van der Waals surface area contributed by atoms with Gasteiger partial charge in [-0.05, 0) is 43.7 Å². The second kappa shape index (κ2) is 10.5. The number of esters is 1. The second-order valence-corrected chi connectivity index (χ2v) is 9.91. The third kappa shape index (κ3) is 5.75. The van der Waals surface area contributed by atoms with Crippen LogP contribution in [0.4, 0.5) is 0 Å². The molecule has 1 aromatic carbocycles. The summed E-state index contributed by atoms with van der Waals surface area (Å²) in [5, 5.41) is 5.74. The van der Waals surface area contributed by atoms with E-state index < -0.39 is 35.8 Å². The molecule has 3 amide bonds. The van der Waals surface area contributed by atoms with E-state index in [1.807, 2.05) is 39.8 Å². The average molecular weight is 474 g/mol. The van der Waals surface area contributed by atoms with E-state index in [9.17, 15) is 19.2 Å². The average Bonchev–Trinajstić information content (AvgIpc) is 3.38. The molecule has 1 aromatic rings. The molecule has 34 heavy (non-hydrogen) atoms. The van der Waals surface area contributed by atoms with Gasteiger partial charge in [0.05, 0.1) is 6.42 Å². The summed E-state index contributed by atoms with van der Waals surface area (Å²) in [6.07, 6.45) is 0.360. The van der Waals surface area contributed by atoms with Crippen LogP contribution < -0.4 is 10.6 Å². The maximum absolute atomic E-state index is 13.6. The van der Waals surface area contributed by atoms with E-state index in [4.69, 9.17) is 9.47 Å². The van der Waals surface area contributed by atoms with Crippen LogP contribution in [0.15, 0.2) is 24.3 Å². The summed E-state index contributed by atoms with van der Waals surface area (Å²) in [5.74, 6) is -1.41. The fourth-order valence-electron chi connectivity index (χ4n) is 4.40. The molecular weight excluding hydrogens is 438 g/mol. The van der Waals surface area contributed by atoms with Gasteiger partial charge in [0.1, 0.15) is 18.1 Å². The monoisotopic (exact) mass is 473 g/mol. The van der Waals surface area contributed by atoms with E-state index >= 15 is 0 Å².